The molecule has 0 aromatic heterocycles. The van der Waals surface area contributed by atoms with Gasteiger partial charge < -0.3 is 5.11 Å². The molecule has 1 nitrogen and oxygen atoms in total. The van der Waals surface area contributed by atoms with Gasteiger partial charge in [-0.2, -0.15) is 0 Å². The highest BCUT2D eigenvalue weighted by molar-refractivity contribution is 7.96. The molecule has 0 saturated carbocycles. The molecule has 0 fully saturated rings. The van der Waals surface area contributed by atoms with Crippen molar-refractivity contribution in [3.63, 3.8) is 0 Å². The summed E-state index contributed by atoms with van der Waals surface area (Å²) in [6, 6.07) is 0. The lowest BCUT2D eigenvalue weighted by molar-refractivity contribution is 0.322. The summed E-state index contributed by atoms with van der Waals surface area (Å²) in [4.78, 5) is 0. The highest BCUT2D eigenvalue weighted by Gasteiger charge is 2.08. The molecule has 0 heterocycles. The van der Waals surface area contributed by atoms with Gasteiger partial charge in [-0.05, 0) is 23.7 Å². The van der Waals surface area contributed by atoms with Crippen molar-refractivity contribution in [3.05, 3.63) is 0 Å². The van der Waals surface area contributed by atoms with Crippen LogP contribution >= 0.6 is 0 Å². The van der Waals surface area contributed by atoms with Gasteiger partial charge in [0.25, 0.3) is 0 Å². The van der Waals surface area contributed by atoms with E-state index < -0.39 is 0 Å². The molecule has 80 valence electrons. The minimum Gasteiger partial charge on any atom is -0.391 e. The van der Waals surface area contributed by atoms with Crippen molar-refractivity contribution in [2.45, 2.75) is 45.4 Å². The topological polar surface area (TPSA) is 20.2 Å². The lowest BCUT2D eigenvalue weighted by Crippen LogP contribution is -2.12. The normalized spacial score (nSPS) is 13.2. The molecule has 0 rings (SSSR count). The van der Waals surface area contributed by atoms with E-state index in [1.54, 1.807) is 0 Å². The van der Waals surface area contributed by atoms with Gasteiger partial charge in [-0.1, -0.05) is 32.6 Å². The zero-order valence-electron chi connectivity index (χ0n) is 9.22. The molecular formula is C11H25OS+. The molecule has 0 bridgehead atoms. The van der Waals surface area contributed by atoms with Gasteiger partial charge in [-0.15, -0.1) is 0 Å². The van der Waals surface area contributed by atoms with Crippen LogP contribution in [0.15, 0.2) is 0 Å². The second kappa shape index (κ2) is 10.4. The molecule has 0 aliphatic rings. The fourth-order valence-electron chi connectivity index (χ4n) is 1.39. The fraction of sp³-hybridized carbons (Fsp3) is 1.00. The van der Waals surface area contributed by atoms with Crippen molar-refractivity contribution in [2.75, 3.05) is 24.4 Å². The van der Waals surface area contributed by atoms with Crippen LogP contribution in [-0.4, -0.2) is 29.5 Å². The molecule has 1 unspecified atom stereocenters. The second-order valence-electron chi connectivity index (χ2n) is 3.68. The SMILES string of the molecule is CCCCCCCC[S+](C)CCO. The molecule has 1 atom stereocenters. The first-order valence-electron chi connectivity index (χ1n) is 5.51. The Bertz CT molecular complexity index is 96.1. The van der Waals surface area contributed by atoms with Gasteiger partial charge in [0.05, 0.1) is 12.9 Å². The third kappa shape index (κ3) is 10.2. The molecular weight excluding hydrogens is 180 g/mol. The molecule has 0 radical (unpaired) electrons. The first-order chi connectivity index (χ1) is 6.31. The number of aliphatic hydroxyl groups is 1. The molecule has 0 aliphatic heterocycles. The molecule has 0 aromatic carbocycles. The Hall–Kier alpha value is 0.310. The van der Waals surface area contributed by atoms with Crippen molar-refractivity contribution >= 4 is 10.9 Å². The third-order valence-corrected chi connectivity index (χ3v) is 4.15. The van der Waals surface area contributed by atoms with E-state index in [4.69, 9.17) is 5.11 Å². The molecule has 1 N–H and O–H groups in total. The smallest absolute Gasteiger partial charge is 0.130 e. The van der Waals surface area contributed by atoms with Crippen LogP contribution in [-0.2, 0) is 10.9 Å². The van der Waals surface area contributed by atoms with E-state index in [0.29, 0.717) is 17.5 Å². The van der Waals surface area contributed by atoms with Gasteiger partial charge in [0.2, 0.25) is 0 Å². The van der Waals surface area contributed by atoms with Gasteiger partial charge in [-0.3, -0.25) is 0 Å². The lowest BCUT2D eigenvalue weighted by atomic mass is 10.1. The van der Waals surface area contributed by atoms with Gasteiger partial charge in [-0.25, -0.2) is 0 Å². The van der Waals surface area contributed by atoms with E-state index in [1.807, 2.05) is 0 Å². The van der Waals surface area contributed by atoms with Crippen molar-refractivity contribution < 1.29 is 5.11 Å². The van der Waals surface area contributed by atoms with Crippen molar-refractivity contribution in [1.82, 2.24) is 0 Å². The van der Waals surface area contributed by atoms with Crippen LogP contribution in [0.25, 0.3) is 0 Å². The van der Waals surface area contributed by atoms with Gasteiger partial charge in [0.15, 0.2) is 0 Å². The summed E-state index contributed by atoms with van der Waals surface area (Å²) in [5, 5.41) is 8.72. The minimum atomic E-state index is 0.370. The summed E-state index contributed by atoms with van der Waals surface area (Å²) in [5.74, 6) is 2.33. The largest absolute Gasteiger partial charge is 0.391 e. The maximum absolute atomic E-state index is 8.72. The van der Waals surface area contributed by atoms with Crippen molar-refractivity contribution in [1.29, 1.82) is 0 Å². The van der Waals surface area contributed by atoms with Crippen molar-refractivity contribution in [2.24, 2.45) is 0 Å². The first-order valence-corrected chi connectivity index (χ1v) is 7.48. The molecule has 0 aromatic rings. The van der Waals surface area contributed by atoms with E-state index in [0.717, 1.165) is 5.75 Å². The summed E-state index contributed by atoms with van der Waals surface area (Å²) in [5.41, 5.74) is 0. The average molecular weight is 205 g/mol. The highest BCUT2D eigenvalue weighted by Crippen LogP contribution is 2.06. The number of rotatable bonds is 9. The molecule has 0 saturated heterocycles. The van der Waals surface area contributed by atoms with E-state index in [9.17, 15) is 0 Å². The monoisotopic (exact) mass is 205 g/mol. The Labute approximate surface area is 86.3 Å². The zero-order valence-corrected chi connectivity index (χ0v) is 10.0. The van der Waals surface area contributed by atoms with E-state index in [-0.39, 0.29) is 0 Å². The maximum Gasteiger partial charge on any atom is 0.130 e. The van der Waals surface area contributed by atoms with Gasteiger partial charge in [0, 0.05) is 0 Å². The quantitative estimate of drug-likeness (QED) is 0.453. The Morgan fingerprint density at radius 1 is 0.923 bits per heavy atom. The predicted octanol–water partition coefficient (Wildman–Crippen LogP) is 2.59. The number of aliphatic hydroxyl groups excluding tert-OH is 1. The average Bonchev–Trinajstić information content (AvgIpc) is 2.11. The number of hydrogen-bond acceptors (Lipinski definition) is 1. The van der Waals surface area contributed by atoms with Crippen LogP contribution < -0.4 is 0 Å². The van der Waals surface area contributed by atoms with Crippen LogP contribution in [0.4, 0.5) is 0 Å². The van der Waals surface area contributed by atoms with Gasteiger partial charge >= 0.3 is 0 Å². The van der Waals surface area contributed by atoms with Crippen LogP contribution in [0.5, 0.6) is 0 Å². The van der Waals surface area contributed by atoms with Crippen LogP contribution in [0, 0.1) is 0 Å². The number of hydrogen-bond donors (Lipinski definition) is 1. The minimum absolute atomic E-state index is 0.370. The van der Waals surface area contributed by atoms with Gasteiger partial charge in [0.1, 0.15) is 11.5 Å². The Morgan fingerprint density at radius 3 is 2.15 bits per heavy atom. The summed E-state index contributed by atoms with van der Waals surface area (Å²) in [6.45, 7) is 2.63. The maximum atomic E-state index is 8.72. The van der Waals surface area contributed by atoms with Crippen LogP contribution in [0.3, 0.4) is 0 Å². The Morgan fingerprint density at radius 2 is 1.54 bits per heavy atom. The number of unbranched alkanes of at least 4 members (excludes halogenated alkanes) is 5. The summed E-state index contributed by atoms with van der Waals surface area (Å²) in [7, 11) is 0.473. The Balaban J connectivity index is 2.97. The molecule has 2 heteroatoms. The first kappa shape index (κ1) is 13.3. The Kier molecular flexibility index (Phi) is 10.6. The zero-order chi connectivity index (χ0) is 9.94. The van der Waals surface area contributed by atoms with Crippen molar-refractivity contribution in [3.8, 4) is 0 Å². The van der Waals surface area contributed by atoms with Crippen LogP contribution in [0.1, 0.15) is 45.4 Å². The van der Waals surface area contributed by atoms with E-state index >= 15 is 0 Å². The molecule has 0 aliphatic carbocycles. The summed E-state index contributed by atoms with van der Waals surface area (Å²) >= 11 is 0. The van der Waals surface area contributed by atoms with E-state index in [1.165, 1.54) is 44.3 Å². The molecule has 0 amide bonds. The van der Waals surface area contributed by atoms with E-state index in [2.05, 4.69) is 13.2 Å². The second-order valence-corrected chi connectivity index (χ2v) is 6.06. The van der Waals surface area contributed by atoms with Crippen LogP contribution in [0.2, 0.25) is 0 Å². The predicted molar refractivity (Wildman–Crippen MR) is 63.5 cm³/mol. The lowest BCUT2D eigenvalue weighted by Gasteiger charge is -2.01. The summed E-state index contributed by atoms with van der Waals surface area (Å²) < 4.78 is 0. The summed E-state index contributed by atoms with van der Waals surface area (Å²) in [6.07, 6.45) is 10.6. The third-order valence-electron chi connectivity index (χ3n) is 2.29. The standard InChI is InChI=1S/C11H25OS/c1-3-4-5-6-7-8-10-13(2)11-9-12/h12H,3-11H2,1-2H3/q+1. The molecule has 0 spiro atoms. The fourth-order valence-corrected chi connectivity index (χ4v) is 2.60. The molecule has 13 heavy (non-hydrogen) atoms. The highest BCUT2D eigenvalue weighted by atomic mass is 32.2.